The van der Waals surface area contributed by atoms with Gasteiger partial charge in [0.15, 0.2) is 0 Å². The summed E-state index contributed by atoms with van der Waals surface area (Å²) < 4.78 is 23.5. The number of rotatable bonds is 3. The summed E-state index contributed by atoms with van der Waals surface area (Å²) in [5.41, 5.74) is 6.29. The number of ether oxygens (including phenoxy) is 2. The molecule has 0 fully saturated rings. The number of hydrogen-bond donors (Lipinski definition) is 1. The molecule has 0 aliphatic rings. The topological polar surface area (TPSA) is 70.3 Å². The minimum atomic E-state index is -0.385. The maximum Gasteiger partial charge on any atom is 0.227 e. The molecule has 1 aromatic heterocycles. The largest absolute Gasteiger partial charge is 0.481 e. The molecule has 94 valence electrons. The first-order valence-electron chi connectivity index (χ1n) is 5.21. The summed E-state index contributed by atoms with van der Waals surface area (Å²) in [4.78, 5) is 7.71. The highest BCUT2D eigenvalue weighted by molar-refractivity contribution is 5.37. The van der Waals surface area contributed by atoms with Gasteiger partial charge < -0.3 is 15.2 Å². The molecule has 0 saturated heterocycles. The van der Waals surface area contributed by atoms with Gasteiger partial charge in [0.2, 0.25) is 17.7 Å². The number of halogens is 1. The molecule has 18 heavy (non-hydrogen) atoms. The first kappa shape index (κ1) is 12.1. The fourth-order valence-corrected chi connectivity index (χ4v) is 1.37. The second-order valence-corrected chi connectivity index (χ2v) is 3.62. The highest BCUT2D eigenvalue weighted by Gasteiger charge is 2.07. The van der Waals surface area contributed by atoms with Crippen LogP contribution in [0.3, 0.4) is 0 Å². The van der Waals surface area contributed by atoms with Crippen LogP contribution in [0.15, 0.2) is 24.3 Å². The van der Waals surface area contributed by atoms with E-state index in [2.05, 4.69) is 9.97 Å². The molecule has 2 rings (SSSR count). The fourth-order valence-electron chi connectivity index (χ4n) is 1.37. The number of nitrogens with zero attached hydrogens (tertiary/aromatic N) is 2. The summed E-state index contributed by atoms with van der Waals surface area (Å²) in [5, 5.41) is 0. The van der Waals surface area contributed by atoms with E-state index in [0.717, 1.165) is 5.56 Å². The molecule has 0 amide bonds. The molecule has 0 radical (unpaired) electrons. The third-order valence-corrected chi connectivity index (χ3v) is 2.27. The van der Waals surface area contributed by atoms with Gasteiger partial charge in [0.1, 0.15) is 11.6 Å². The number of aromatic nitrogens is 2. The molecule has 1 aromatic carbocycles. The van der Waals surface area contributed by atoms with Crippen molar-refractivity contribution in [2.75, 3.05) is 12.8 Å². The molecule has 0 atom stereocenters. The number of hydrogen-bond acceptors (Lipinski definition) is 5. The quantitative estimate of drug-likeness (QED) is 0.903. The average molecular weight is 249 g/mol. The van der Waals surface area contributed by atoms with Crippen LogP contribution < -0.4 is 15.2 Å². The van der Waals surface area contributed by atoms with Crippen molar-refractivity contribution < 1.29 is 13.9 Å². The first-order valence-corrected chi connectivity index (χ1v) is 5.21. The molecule has 0 unspecified atom stereocenters. The highest BCUT2D eigenvalue weighted by Crippen LogP contribution is 2.26. The van der Waals surface area contributed by atoms with Gasteiger partial charge in [-0.15, -0.1) is 0 Å². The Kier molecular flexibility index (Phi) is 3.27. The maximum atomic E-state index is 13.1. The lowest BCUT2D eigenvalue weighted by Crippen LogP contribution is -2.00. The van der Waals surface area contributed by atoms with Crippen molar-refractivity contribution in [1.82, 2.24) is 9.97 Å². The molecule has 2 N–H and O–H groups in total. The Morgan fingerprint density at radius 3 is 2.61 bits per heavy atom. The lowest BCUT2D eigenvalue weighted by Gasteiger charge is -2.09. The summed E-state index contributed by atoms with van der Waals surface area (Å²) in [5.74, 6) is 0.498. The Hall–Kier alpha value is -2.37. The standard InChI is InChI=1S/C12H12FN3O2/c1-7-3-4-8(13)5-9(7)18-11-6-10(17-2)15-12(14)16-11/h3-6H,1-2H3,(H2,14,15,16). The number of methoxy groups -OCH3 is 1. The van der Waals surface area contributed by atoms with Gasteiger partial charge in [-0.3, -0.25) is 0 Å². The number of benzene rings is 1. The zero-order valence-electron chi connectivity index (χ0n) is 9.98. The van der Waals surface area contributed by atoms with E-state index in [1.165, 1.54) is 25.3 Å². The van der Waals surface area contributed by atoms with E-state index in [1.807, 2.05) is 0 Å². The van der Waals surface area contributed by atoms with Gasteiger partial charge in [-0.2, -0.15) is 9.97 Å². The fraction of sp³-hybridized carbons (Fsp3) is 0.167. The molecule has 0 aliphatic heterocycles. The van der Waals surface area contributed by atoms with Gasteiger partial charge in [-0.1, -0.05) is 6.07 Å². The SMILES string of the molecule is COc1cc(Oc2cc(F)ccc2C)nc(N)n1. The molecule has 5 nitrogen and oxygen atoms in total. The number of nitrogen functional groups attached to an aromatic ring is 1. The number of anilines is 1. The van der Waals surface area contributed by atoms with Crippen LogP contribution in [0.25, 0.3) is 0 Å². The number of nitrogens with two attached hydrogens (primary N) is 1. The Labute approximate surface area is 103 Å². The third-order valence-electron chi connectivity index (χ3n) is 2.27. The van der Waals surface area contributed by atoms with Crippen molar-refractivity contribution >= 4 is 5.95 Å². The van der Waals surface area contributed by atoms with Crippen molar-refractivity contribution in [2.45, 2.75) is 6.92 Å². The van der Waals surface area contributed by atoms with Crippen LogP contribution in [0, 0.1) is 12.7 Å². The summed E-state index contributed by atoms with van der Waals surface area (Å²) in [6.45, 7) is 1.80. The Balaban J connectivity index is 2.33. The summed E-state index contributed by atoms with van der Waals surface area (Å²) in [6.07, 6.45) is 0. The summed E-state index contributed by atoms with van der Waals surface area (Å²) in [7, 11) is 1.46. The first-order chi connectivity index (χ1) is 8.58. The van der Waals surface area contributed by atoms with Crippen LogP contribution in [0.4, 0.5) is 10.3 Å². The van der Waals surface area contributed by atoms with Gasteiger partial charge in [0.05, 0.1) is 13.2 Å². The minimum absolute atomic E-state index is 0.0263. The van der Waals surface area contributed by atoms with Crippen LogP contribution in [0.5, 0.6) is 17.5 Å². The molecule has 1 heterocycles. The van der Waals surface area contributed by atoms with Gasteiger partial charge in [-0.25, -0.2) is 4.39 Å². The Morgan fingerprint density at radius 1 is 1.17 bits per heavy atom. The average Bonchev–Trinajstić information content (AvgIpc) is 2.33. The predicted molar refractivity (Wildman–Crippen MR) is 64.2 cm³/mol. The minimum Gasteiger partial charge on any atom is -0.481 e. The number of aryl methyl sites for hydroxylation is 1. The predicted octanol–water partition coefficient (Wildman–Crippen LogP) is 2.31. The molecule has 0 saturated carbocycles. The molecule has 2 aromatic rings. The van der Waals surface area contributed by atoms with E-state index in [1.54, 1.807) is 13.0 Å². The van der Waals surface area contributed by atoms with E-state index < -0.39 is 0 Å². The van der Waals surface area contributed by atoms with E-state index in [0.29, 0.717) is 5.75 Å². The molecular weight excluding hydrogens is 237 g/mol. The van der Waals surface area contributed by atoms with Gasteiger partial charge in [0, 0.05) is 6.07 Å². The van der Waals surface area contributed by atoms with E-state index in [9.17, 15) is 4.39 Å². The van der Waals surface area contributed by atoms with E-state index in [4.69, 9.17) is 15.2 Å². The van der Waals surface area contributed by atoms with E-state index in [-0.39, 0.29) is 23.5 Å². The second-order valence-electron chi connectivity index (χ2n) is 3.62. The summed E-state index contributed by atoms with van der Waals surface area (Å²) in [6, 6.07) is 5.73. The van der Waals surface area contributed by atoms with Gasteiger partial charge >= 0.3 is 0 Å². The van der Waals surface area contributed by atoms with Crippen LogP contribution >= 0.6 is 0 Å². The normalized spacial score (nSPS) is 10.2. The monoisotopic (exact) mass is 249 g/mol. The van der Waals surface area contributed by atoms with E-state index >= 15 is 0 Å². The Morgan fingerprint density at radius 2 is 1.89 bits per heavy atom. The van der Waals surface area contributed by atoms with Crippen LogP contribution in [-0.4, -0.2) is 17.1 Å². The van der Waals surface area contributed by atoms with Crippen LogP contribution in [0.1, 0.15) is 5.56 Å². The molecule has 6 heteroatoms. The van der Waals surface area contributed by atoms with Gasteiger partial charge in [0.25, 0.3) is 0 Å². The lowest BCUT2D eigenvalue weighted by atomic mass is 10.2. The van der Waals surface area contributed by atoms with Crippen molar-refractivity contribution in [3.8, 4) is 17.5 Å². The van der Waals surface area contributed by atoms with Crippen molar-refractivity contribution in [3.63, 3.8) is 0 Å². The molecule has 0 aliphatic carbocycles. The van der Waals surface area contributed by atoms with Crippen LogP contribution in [-0.2, 0) is 0 Å². The summed E-state index contributed by atoms with van der Waals surface area (Å²) >= 11 is 0. The van der Waals surface area contributed by atoms with Crippen molar-refractivity contribution in [2.24, 2.45) is 0 Å². The Bertz CT molecular complexity index is 575. The van der Waals surface area contributed by atoms with Crippen molar-refractivity contribution in [3.05, 3.63) is 35.6 Å². The molecule has 0 bridgehead atoms. The maximum absolute atomic E-state index is 13.1. The second kappa shape index (κ2) is 4.87. The zero-order valence-corrected chi connectivity index (χ0v) is 9.98. The third kappa shape index (κ3) is 2.65. The van der Waals surface area contributed by atoms with Crippen LogP contribution in [0.2, 0.25) is 0 Å². The molecule has 0 spiro atoms. The van der Waals surface area contributed by atoms with Gasteiger partial charge in [-0.05, 0) is 18.6 Å². The lowest BCUT2D eigenvalue weighted by molar-refractivity contribution is 0.388. The smallest absolute Gasteiger partial charge is 0.227 e. The zero-order chi connectivity index (χ0) is 13.1. The highest BCUT2D eigenvalue weighted by atomic mass is 19.1. The molecular formula is C12H12FN3O2. The van der Waals surface area contributed by atoms with Crippen molar-refractivity contribution in [1.29, 1.82) is 0 Å².